The van der Waals surface area contributed by atoms with Crippen molar-refractivity contribution >= 4 is 5.97 Å². The first-order chi connectivity index (χ1) is 9.15. The zero-order valence-corrected chi connectivity index (χ0v) is 11.7. The Bertz CT molecular complexity index is 436. The van der Waals surface area contributed by atoms with Gasteiger partial charge in [0.15, 0.2) is 0 Å². The highest BCUT2D eigenvalue weighted by Gasteiger charge is 2.08. The van der Waals surface area contributed by atoms with Gasteiger partial charge in [0.05, 0.1) is 13.0 Å². The van der Waals surface area contributed by atoms with Crippen LogP contribution in [0.3, 0.4) is 0 Å². The number of ether oxygens (including phenoxy) is 1. The zero-order valence-electron chi connectivity index (χ0n) is 11.7. The summed E-state index contributed by atoms with van der Waals surface area (Å²) in [4.78, 5) is 10.7. The largest absolute Gasteiger partial charge is 0.493 e. The molecule has 3 heteroatoms. The van der Waals surface area contributed by atoms with Gasteiger partial charge in [-0.25, -0.2) is 0 Å². The smallest absolute Gasteiger partial charge is 0.307 e. The molecule has 0 saturated carbocycles. The predicted molar refractivity (Wildman–Crippen MR) is 76.7 cm³/mol. The maximum Gasteiger partial charge on any atom is 0.307 e. The molecule has 1 aromatic carbocycles. The van der Waals surface area contributed by atoms with E-state index in [4.69, 9.17) is 9.84 Å². The van der Waals surface area contributed by atoms with Gasteiger partial charge in [-0.3, -0.25) is 4.79 Å². The Hall–Kier alpha value is -1.77. The van der Waals surface area contributed by atoms with Gasteiger partial charge in [0.25, 0.3) is 0 Å². The van der Waals surface area contributed by atoms with Gasteiger partial charge in [-0.1, -0.05) is 31.2 Å². The van der Waals surface area contributed by atoms with E-state index in [1.807, 2.05) is 25.1 Å². The van der Waals surface area contributed by atoms with Crippen LogP contribution in [0.15, 0.2) is 30.4 Å². The summed E-state index contributed by atoms with van der Waals surface area (Å²) in [6, 6.07) is 5.57. The number of carbonyl (C=O) groups is 1. The minimum absolute atomic E-state index is 0.0439. The number of benzene rings is 1. The number of hydrogen-bond donors (Lipinski definition) is 1. The van der Waals surface area contributed by atoms with E-state index in [2.05, 4.69) is 19.1 Å². The van der Waals surface area contributed by atoms with Crippen LogP contribution >= 0.6 is 0 Å². The number of carboxylic acids is 1. The molecule has 0 unspecified atom stereocenters. The Morgan fingerprint density at radius 3 is 2.84 bits per heavy atom. The van der Waals surface area contributed by atoms with Crippen molar-refractivity contribution in [2.24, 2.45) is 0 Å². The molecule has 0 spiro atoms. The van der Waals surface area contributed by atoms with Crippen molar-refractivity contribution in [2.75, 3.05) is 6.61 Å². The molecule has 0 amide bonds. The molecule has 1 N–H and O–H groups in total. The molecule has 0 aliphatic rings. The van der Waals surface area contributed by atoms with E-state index >= 15 is 0 Å². The van der Waals surface area contributed by atoms with Crippen molar-refractivity contribution in [1.29, 1.82) is 0 Å². The summed E-state index contributed by atoms with van der Waals surface area (Å²) < 4.78 is 5.71. The van der Waals surface area contributed by atoms with Crippen LogP contribution in [0.25, 0.3) is 0 Å². The predicted octanol–water partition coefficient (Wildman–Crippen LogP) is 3.75. The van der Waals surface area contributed by atoms with Crippen molar-refractivity contribution in [3.63, 3.8) is 0 Å². The minimum atomic E-state index is -0.815. The summed E-state index contributed by atoms with van der Waals surface area (Å²) >= 11 is 0. The molecule has 0 aliphatic heterocycles. The Balaban J connectivity index is 2.49. The topological polar surface area (TPSA) is 46.5 Å². The van der Waals surface area contributed by atoms with E-state index in [0.717, 1.165) is 36.1 Å². The van der Waals surface area contributed by atoms with Crippen LogP contribution in [-0.4, -0.2) is 17.7 Å². The van der Waals surface area contributed by atoms with Crippen LogP contribution < -0.4 is 4.74 Å². The second-order valence-corrected chi connectivity index (χ2v) is 4.48. The van der Waals surface area contributed by atoms with Crippen molar-refractivity contribution in [1.82, 2.24) is 0 Å². The fraction of sp³-hybridized carbons (Fsp3) is 0.438. The van der Waals surface area contributed by atoms with E-state index in [1.165, 1.54) is 0 Å². The fourth-order valence-electron chi connectivity index (χ4n) is 1.84. The van der Waals surface area contributed by atoms with E-state index < -0.39 is 5.97 Å². The number of unbranched alkanes of at least 4 members (excludes halogenated alkanes) is 1. The Kier molecular flexibility index (Phi) is 6.72. The first-order valence-electron chi connectivity index (χ1n) is 6.73. The second kappa shape index (κ2) is 8.35. The third kappa shape index (κ3) is 5.60. The molecule has 19 heavy (non-hydrogen) atoms. The molecule has 0 aromatic heterocycles. The van der Waals surface area contributed by atoms with E-state index in [0.29, 0.717) is 6.61 Å². The first-order valence-corrected chi connectivity index (χ1v) is 6.73. The SMILES string of the molecule is CCC=CCCCOc1cccc(CC(=O)O)c1C. The number of rotatable bonds is 8. The monoisotopic (exact) mass is 262 g/mol. The molecular formula is C16H22O3. The summed E-state index contributed by atoms with van der Waals surface area (Å²) in [5.41, 5.74) is 1.74. The number of aliphatic carboxylic acids is 1. The zero-order chi connectivity index (χ0) is 14.1. The quantitative estimate of drug-likeness (QED) is 0.573. The highest BCUT2D eigenvalue weighted by molar-refractivity contribution is 5.71. The van der Waals surface area contributed by atoms with Gasteiger partial charge in [-0.15, -0.1) is 0 Å². The van der Waals surface area contributed by atoms with Crippen LogP contribution in [0.1, 0.15) is 37.3 Å². The number of allylic oxidation sites excluding steroid dienone is 2. The molecule has 0 saturated heterocycles. The maximum atomic E-state index is 10.7. The van der Waals surface area contributed by atoms with Gasteiger partial charge in [0.1, 0.15) is 5.75 Å². The fourth-order valence-corrected chi connectivity index (χ4v) is 1.84. The van der Waals surface area contributed by atoms with Crippen LogP contribution in [-0.2, 0) is 11.2 Å². The van der Waals surface area contributed by atoms with Gasteiger partial charge >= 0.3 is 5.97 Å². The summed E-state index contributed by atoms with van der Waals surface area (Å²) in [6.07, 6.45) is 7.41. The minimum Gasteiger partial charge on any atom is -0.493 e. The summed E-state index contributed by atoms with van der Waals surface area (Å²) in [7, 11) is 0. The lowest BCUT2D eigenvalue weighted by atomic mass is 10.1. The normalized spacial score (nSPS) is 10.8. The Labute approximate surface area is 114 Å². The summed E-state index contributed by atoms with van der Waals surface area (Å²) in [5.74, 6) is -0.0248. The molecule has 104 valence electrons. The van der Waals surface area contributed by atoms with Crippen molar-refractivity contribution in [3.05, 3.63) is 41.5 Å². The molecule has 0 atom stereocenters. The van der Waals surface area contributed by atoms with Crippen molar-refractivity contribution in [2.45, 2.75) is 39.5 Å². The molecule has 0 radical (unpaired) electrons. The van der Waals surface area contributed by atoms with Crippen molar-refractivity contribution in [3.8, 4) is 5.75 Å². The average molecular weight is 262 g/mol. The number of hydrogen-bond acceptors (Lipinski definition) is 2. The molecular weight excluding hydrogens is 240 g/mol. The molecule has 3 nitrogen and oxygen atoms in total. The lowest BCUT2D eigenvalue weighted by molar-refractivity contribution is -0.136. The Morgan fingerprint density at radius 1 is 1.37 bits per heavy atom. The third-order valence-electron chi connectivity index (χ3n) is 2.91. The van der Waals surface area contributed by atoms with Crippen molar-refractivity contribution < 1.29 is 14.6 Å². The highest BCUT2D eigenvalue weighted by atomic mass is 16.5. The van der Waals surface area contributed by atoms with Crippen LogP contribution in [0.5, 0.6) is 5.75 Å². The van der Waals surface area contributed by atoms with Gasteiger partial charge in [-0.2, -0.15) is 0 Å². The lowest BCUT2D eigenvalue weighted by Crippen LogP contribution is -2.04. The van der Waals surface area contributed by atoms with Crippen LogP contribution in [0, 0.1) is 6.92 Å². The average Bonchev–Trinajstić information content (AvgIpc) is 2.37. The third-order valence-corrected chi connectivity index (χ3v) is 2.91. The van der Waals surface area contributed by atoms with Crippen LogP contribution in [0.4, 0.5) is 0 Å². The molecule has 0 aliphatic carbocycles. The van der Waals surface area contributed by atoms with Gasteiger partial charge in [0.2, 0.25) is 0 Å². The first kappa shape index (κ1) is 15.3. The summed E-state index contributed by atoms with van der Waals surface area (Å²) in [6.45, 7) is 4.68. The highest BCUT2D eigenvalue weighted by Crippen LogP contribution is 2.22. The van der Waals surface area contributed by atoms with Gasteiger partial charge in [0, 0.05) is 0 Å². The van der Waals surface area contributed by atoms with E-state index in [1.54, 1.807) is 0 Å². The maximum absolute atomic E-state index is 10.7. The second-order valence-electron chi connectivity index (χ2n) is 4.48. The van der Waals surface area contributed by atoms with Gasteiger partial charge in [-0.05, 0) is 43.4 Å². The molecule has 1 aromatic rings. The summed E-state index contributed by atoms with van der Waals surface area (Å²) in [5, 5.41) is 8.83. The molecule has 0 heterocycles. The molecule has 0 fully saturated rings. The lowest BCUT2D eigenvalue weighted by Gasteiger charge is -2.11. The standard InChI is InChI=1S/C16H22O3/c1-3-4-5-6-7-11-19-15-10-8-9-14(13(15)2)12-16(17)18/h4-5,8-10H,3,6-7,11-12H2,1-2H3,(H,17,18). The molecule has 0 bridgehead atoms. The Morgan fingerprint density at radius 2 is 2.16 bits per heavy atom. The number of carboxylic acid groups (broad SMARTS) is 1. The van der Waals surface area contributed by atoms with Crippen LogP contribution in [0.2, 0.25) is 0 Å². The van der Waals surface area contributed by atoms with E-state index in [-0.39, 0.29) is 6.42 Å². The molecule has 1 rings (SSSR count). The van der Waals surface area contributed by atoms with Gasteiger partial charge < -0.3 is 9.84 Å². The van der Waals surface area contributed by atoms with E-state index in [9.17, 15) is 4.79 Å².